The molecule has 2 rings (SSSR count). The third-order valence-electron chi connectivity index (χ3n) is 5.67. The molecule has 1 saturated heterocycles. The van der Waals surface area contributed by atoms with Crippen LogP contribution in [0.5, 0.6) is 0 Å². The molecular formula is C16H31FN2. The SMILES string of the molecule is CCC1(CC)CNC(C2CCCCC2)CN1CCF. The topological polar surface area (TPSA) is 15.3 Å². The van der Waals surface area contributed by atoms with Crippen LogP contribution in [0.2, 0.25) is 0 Å². The maximum atomic E-state index is 12.9. The molecule has 0 radical (unpaired) electrons. The van der Waals surface area contributed by atoms with Crippen molar-refractivity contribution >= 4 is 0 Å². The number of hydrogen-bond acceptors (Lipinski definition) is 2. The van der Waals surface area contributed by atoms with Gasteiger partial charge in [-0.3, -0.25) is 4.90 Å². The van der Waals surface area contributed by atoms with Crippen LogP contribution >= 0.6 is 0 Å². The summed E-state index contributed by atoms with van der Waals surface area (Å²) in [4.78, 5) is 2.45. The third kappa shape index (κ3) is 3.30. The Morgan fingerprint density at radius 1 is 1.16 bits per heavy atom. The Labute approximate surface area is 118 Å². The first-order valence-corrected chi connectivity index (χ1v) is 8.30. The first kappa shape index (κ1) is 15.2. The lowest BCUT2D eigenvalue weighted by Crippen LogP contribution is -2.66. The quantitative estimate of drug-likeness (QED) is 0.824. The highest BCUT2D eigenvalue weighted by atomic mass is 19.1. The molecule has 1 saturated carbocycles. The zero-order valence-electron chi connectivity index (χ0n) is 12.8. The lowest BCUT2D eigenvalue weighted by atomic mass is 9.79. The number of piperazine rings is 1. The van der Waals surface area contributed by atoms with Gasteiger partial charge in [-0.15, -0.1) is 0 Å². The first-order valence-electron chi connectivity index (χ1n) is 8.30. The molecule has 2 aliphatic rings. The highest BCUT2D eigenvalue weighted by Gasteiger charge is 2.40. The minimum absolute atomic E-state index is 0.192. The Hall–Kier alpha value is -0.150. The average molecular weight is 270 g/mol. The molecule has 0 spiro atoms. The van der Waals surface area contributed by atoms with Gasteiger partial charge in [-0.1, -0.05) is 33.1 Å². The number of rotatable bonds is 5. The van der Waals surface area contributed by atoms with E-state index in [1.54, 1.807) is 0 Å². The Morgan fingerprint density at radius 2 is 1.84 bits per heavy atom. The monoisotopic (exact) mass is 270 g/mol. The molecule has 0 aromatic rings. The van der Waals surface area contributed by atoms with Crippen LogP contribution in [0.4, 0.5) is 4.39 Å². The molecule has 1 aliphatic carbocycles. The van der Waals surface area contributed by atoms with E-state index < -0.39 is 0 Å². The number of hydrogen-bond donors (Lipinski definition) is 1. The van der Waals surface area contributed by atoms with Crippen molar-refractivity contribution in [1.82, 2.24) is 10.2 Å². The third-order valence-corrected chi connectivity index (χ3v) is 5.67. The van der Waals surface area contributed by atoms with E-state index in [0.29, 0.717) is 12.6 Å². The summed E-state index contributed by atoms with van der Waals surface area (Å²) in [6.07, 6.45) is 9.16. The van der Waals surface area contributed by atoms with Crippen LogP contribution in [-0.2, 0) is 0 Å². The summed E-state index contributed by atoms with van der Waals surface area (Å²) in [6, 6.07) is 0.595. The van der Waals surface area contributed by atoms with Crippen LogP contribution in [0.15, 0.2) is 0 Å². The summed E-state index contributed by atoms with van der Waals surface area (Å²) < 4.78 is 12.9. The average Bonchev–Trinajstić information content (AvgIpc) is 2.49. The van der Waals surface area contributed by atoms with Crippen LogP contribution in [0.25, 0.3) is 0 Å². The second kappa shape index (κ2) is 7.03. The zero-order valence-corrected chi connectivity index (χ0v) is 12.8. The summed E-state index contributed by atoms with van der Waals surface area (Å²) in [5, 5.41) is 3.81. The molecule has 1 atom stereocenters. The largest absolute Gasteiger partial charge is 0.311 e. The van der Waals surface area contributed by atoms with Crippen molar-refractivity contribution in [2.75, 3.05) is 26.3 Å². The fourth-order valence-electron chi connectivity index (χ4n) is 4.16. The molecule has 0 amide bonds. The smallest absolute Gasteiger partial charge is 0.102 e. The Morgan fingerprint density at radius 3 is 2.42 bits per heavy atom. The second-order valence-electron chi connectivity index (χ2n) is 6.45. The predicted octanol–water partition coefficient (Wildman–Crippen LogP) is 3.37. The van der Waals surface area contributed by atoms with Crippen molar-refractivity contribution in [1.29, 1.82) is 0 Å². The van der Waals surface area contributed by atoms with Gasteiger partial charge < -0.3 is 5.32 Å². The van der Waals surface area contributed by atoms with Gasteiger partial charge in [0.2, 0.25) is 0 Å². The molecular weight excluding hydrogens is 239 g/mol. The van der Waals surface area contributed by atoms with E-state index in [2.05, 4.69) is 24.1 Å². The lowest BCUT2D eigenvalue weighted by molar-refractivity contribution is 0.0108. The van der Waals surface area contributed by atoms with Gasteiger partial charge in [-0.05, 0) is 31.6 Å². The van der Waals surface area contributed by atoms with Crippen LogP contribution in [0.1, 0.15) is 58.8 Å². The van der Waals surface area contributed by atoms with Crippen LogP contribution in [-0.4, -0.2) is 42.8 Å². The Kier molecular flexibility index (Phi) is 5.64. The van der Waals surface area contributed by atoms with Gasteiger partial charge in [0.05, 0.1) is 0 Å². The van der Waals surface area contributed by atoms with Gasteiger partial charge in [-0.25, -0.2) is 4.39 Å². The van der Waals surface area contributed by atoms with Crippen molar-refractivity contribution in [3.63, 3.8) is 0 Å². The molecule has 1 unspecified atom stereocenters. The highest BCUT2D eigenvalue weighted by Crippen LogP contribution is 2.32. The number of nitrogens with zero attached hydrogens (tertiary/aromatic N) is 1. The molecule has 1 N–H and O–H groups in total. The molecule has 112 valence electrons. The van der Waals surface area contributed by atoms with Crippen molar-refractivity contribution in [2.24, 2.45) is 5.92 Å². The van der Waals surface area contributed by atoms with Crippen molar-refractivity contribution < 1.29 is 4.39 Å². The number of alkyl halides is 1. The van der Waals surface area contributed by atoms with E-state index in [4.69, 9.17) is 0 Å². The van der Waals surface area contributed by atoms with E-state index in [1.165, 1.54) is 32.1 Å². The van der Waals surface area contributed by atoms with E-state index in [1.807, 2.05) is 0 Å². The van der Waals surface area contributed by atoms with Gasteiger partial charge in [0.1, 0.15) is 6.67 Å². The Bertz CT molecular complexity index is 259. The van der Waals surface area contributed by atoms with Gasteiger partial charge >= 0.3 is 0 Å². The van der Waals surface area contributed by atoms with Crippen molar-refractivity contribution in [2.45, 2.75) is 70.4 Å². The second-order valence-corrected chi connectivity index (χ2v) is 6.45. The molecule has 0 aromatic carbocycles. The standard InChI is InChI=1S/C16H31FN2/c1-3-16(4-2)13-18-15(12-19(16)11-10-17)14-8-6-5-7-9-14/h14-15,18H,3-13H2,1-2H3. The normalized spacial score (nSPS) is 29.5. The summed E-state index contributed by atoms with van der Waals surface area (Å²) in [6.45, 7) is 7.00. The van der Waals surface area contributed by atoms with Crippen molar-refractivity contribution in [3.05, 3.63) is 0 Å². The van der Waals surface area contributed by atoms with Gasteiger partial charge in [0.15, 0.2) is 0 Å². The maximum absolute atomic E-state index is 12.9. The van der Waals surface area contributed by atoms with E-state index in [-0.39, 0.29) is 12.2 Å². The van der Waals surface area contributed by atoms with Gasteiger partial charge in [0.25, 0.3) is 0 Å². The summed E-state index contributed by atoms with van der Waals surface area (Å²) in [7, 11) is 0. The summed E-state index contributed by atoms with van der Waals surface area (Å²) in [5.41, 5.74) is 0.192. The molecule has 0 bridgehead atoms. The van der Waals surface area contributed by atoms with Crippen molar-refractivity contribution in [3.8, 4) is 0 Å². The highest BCUT2D eigenvalue weighted by molar-refractivity contribution is 4.99. The number of halogens is 1. The van der Waals surface area contributed by atoms with Crippen LogP contribution < -0.4 is 5.32 Å². The summed E-state index contributed by atoms with van der Waals surface area (Å²) >= 11 is 0. The molecule has 1 heterocycles. The molecule has 3 heteroatoms. The fourth-order valence-corrected chi connectivity index (χ4v) is 4.16. The minimum atomic E-state index is -0.209. The molecule has 2 fully saturated rings. The van der Waals surface area contributed by atoms with E-state index in [9.17, 15) is 4.39 Å². The minimum Gasteiger partial charge on any atom is -0.311 e. The van der Waals surface area contributed by atoms with E-state index >= 15 is 0 Å². The lowest BCUT2D eigenvalue weighted by Gasteiger charge is -2.51. The predicted molar refractivity (Wildman–Crippen MR) is 79.2 cm³/mol. The van der Waals surface area contributed by atoms with Gasteiger partial charge in [-0.2, -0.15) is 0 Å². The molecule has 1 aliphatic heterocycles. The Balaban J connectivity index is 2.00. The van der Waals surface area contributed by atoms with Crippen LogP contribution in [0.3, 0.4) is 0 Å². The zero-order chi connectivity index (χ0) is 13.7. The number of nitrogens with one attached hydrogen (secondary N) is 1. The van der Waals surface area contributed by atoms with Crippen LogP contribution in [0, 0.1) is 5.92 Å². The summed E-state index contributed by atoms with van der Waals surface area (Å²) in [5.74, 6) is 0.822. The van der Waals surface area contributed by atoms with Gasteiger partial charge in [0, 0.05) is 31.2 Å². The molecule has 2 nitrogen and oxygen atoms in total. The molecule has 0 aromatic heterocycles. The first-order chi connectivity index (χ1) is 9.25. The fraction of sp³-hybridized carbons (Fsp3) is 1.00. The molecule has 19 heavy (non-hydrogen) atoms. The maximum Gasteiger partial charge on any atom is 0.102 e. The van der Waals surface area contributed by atoms with E-state index in [0.717, 1.165) is 31.8 Å².